The first kappa shape index (κ1) is 18.4. The highest BCUT2D eigenvalue weighted by molar-refractivity contribution is 7.16. The van der Waals surface area contributed by atoms with Crippen molar-refractivity contribution in [3.63, 3.8) is 0 Å². The molecule has 1 unspecified atom stereocenters. The predicted molar refractivity (Wildman–Crippen MR) is 111 cm³/mol. The Morgan fingerprint density at radius 3 is 2.54 bits per heavy atom. The molecular formula is C23H21NO3S. The van der Waals surface area contributed by atoms with Gasteiger partial charge in [0.1, 0.15) is 5.92 Å². The summed E-state index contributed by atoms with van der Waals surface area (Å²) in [6.07, 6.45) is 0.139. The normalized spacial score (nSPS) is 16.0. The number of esters is 1. The molecule has 5 heteroatoms. The number of rotatable bonds is 4. The van der Waals surface area contributed by atoms with Crippen LogP contribution in [0.5, 0.6) is 0 Å². The number of amides is 1. The SMILES string of the molecule is COC(=O)C1CC(=O)N(Cc2ccccc2)c2cc(-c3ccc(C)cc3)sc21. The number of thiophene rings is 1. The fraction of sp³-hybridized carbons (Fsp3) is 0.217. The van der Waals surface area contributed by atoms with Gasteiger partial charge in [-0.05, 0) is 24.1 Å². The Labute approximate surface area is 168 Å². The Balaban J connectivity index is 1.78. The van der Waals surface area contributed by atoms with E-state index in [4.69, 9.17) is 4.74 Å². The van der Waals surface area contributed by atoms with E-state index in [9.17, 15) is 9.59 Å². The molecule has 2 heterocycles. The molecule has 0 saturated heterocycles. The number of carbonyl (C=O) groups excluding carboxylic acids is 2. The van der Waals surface area contributed by atoms with Gasteiger partial charge in [0, 0.05) is 16.2 Å². The average molecular weight is 391 g/mol. The predicted octanol–water partition coefficient (Wildman–Crippen LogP) is 4.92. The average Bonchev–Trinajstić information content (AvgIpc) is 3.16. The van der Waals surface area contributed by atoms with Crippen LogP contribution in [-0.4, -0.2) is 19.0 Å². The summed E-state index contributed by atoms with van der Waals surface area (Å²) in [7, 11) is 1.37. The van der Waals surface area contributed by atoms with Gasteiger partial charge >= 0.3 is 5.97 Å². The van der Waals surface area contributed by atoms with Crippen LogP contribution in [0.2, 0.25) is 0 Å². The number of anilines is 1. The van der Waals surface area contributed by atoms with Crippen LogP contribution in [0, 0.1) is 6.92 Å². The Hall–Kier alpha value is -2.92. The lowest BCUT2D eigenvalue weighted by Gasteiger charge is -2.30. The molecule has 0 spiro atoms. The highest BCUT2D eigenvalue weighted by atomic mass is 32.1. The Morgan fingerprint density at radius 1 is 1.14 bits per heavy atom. The van der Waals surface area contributed by atoms with Crippen molar-refractivity contribution in [1.29, 1.82) is 0 Å². The van der Waals surface area contributed by atoms with Crippen LogP contribution in [-0.2, 0) is 20.9 Å². The Kier molecular flexibility index (Phi) is 5.01. The summed E-state index contributed by atoms with van der Waals surface area (Å²) in [6, 6.07) is 20.2. The molecular weight excluding hydrogens is 370 g/mol. The second kappa shape index (κ2) is 7.60. The second-order valence-corrected chi connectivity index (χ2v) is 8.06. The van der Waals surface area contributed by atoms with Gasteiger partial charge in [-0.15, -0.1) is 11.3 Å². The molecule has 1 amide bonds. The molecule has 4 rings (SSSR count). The Morgan fingerprint density at radius 2 is 1.86 bits per heavy atom. The number of nitrogens with zero attached hydrogens (tertiary/aromatic N) is 1. The molecule has 1 aromatic heterocycles. The van der Waals surface area contributed by atoms with Gasteiger partial charge in [0.25, 0.3) is 0 Å². The summed E-state index contributed by atoms with van der Waals surface area (Å²) >= 11 is 1.57. The number of hydrogen-bond donors (Lipinski definition) is 0. The first-order chi connectivity index (χ1) is 13.6. The molecule has 28 heavy (non-hydrogen) atoms. The third kappa shape index (κ3) is 3.45. The van der Waals surface area contributed by atoms with Crippen molar-refractivity contribution in [3.05, 3.63) is 76.7 Å². The lowest BCUT2D eigenvalue weighted by molar-refractivity contribution is -0.144. The topological polar surface area (TPSA) is 46.6 Å². The van der Waals surface area contributed by atoms with E-state index in [-0.39, 0.29) is 18.3 Å². The third-order valence-electron chi connectivity index (χ3n) is 5.03. The van der Waals surface area contributed by atoms with Crippen molar-refractivity contribution < 1.29 is 14.3 Å². The minimum atomic E-state index is -0.538. The monoisotopic (exact) mass is 391 g/mol. The van der Waals surface area contributed by atoms with E-state index in [0.717, 1.165) is 26.6 Å². The molecule has 142 valence electrons. The molecule has 0 saturated carbocycles. The number of hydrogen-bond acceptors (Lipinski definition) is 4. The number of carbonyl (C=O) groups is 2. The van der Waals surface area contributed by atoms with Crippen molar-refractivity contribution >= 4 is 28.9 Å². The summed E-state index contributed by atoms with van der Waals surface area (Å²) in [4.78, 5) is 29.0. The quantitative estimate of drug-likeness (QED) is 0.593. The number of aryl methyl sites for hydroxylation is 1. The lowest BCUT2D eigenvalue weighted by Crippen LogP contribution is -2.37. The highest BCUT2D eigenvalue weighted by Gasteiger charge is 2.38. The van der Waals surface area contributed by atoms with Gasteiger partial charge in [-0.3, -0.25) is 9.59 Å². The molecule has 0 fully saturated rings. The van der Waals surface area contributed by atoms with E-state index in [2.05, 4.69) is 31.2 Å². The van der Waals surface area contributed by atoms with Gasteiger partial charge in [0.05, 0.1) is 19.3 Å². The maximum Gasteiger partial charge on any atom is 0.314 e. The molecule has 1 atom stereocenters. The van der Waals surface area contributed by atoms with Gasteiger partial charge < -0.3 is 9.64 Å². The van der Waals surface area contributed by atoms with E-state index in [1.165, 1.54) is 12.7 Å². The van der Waals surface area contributed by atoms with Crippen LogP contribution >= 0.6 is 11.3 Å². The Bertz CT molecular complexity index is 1010. The van der Waals surface area contributed by atoms with Crippen LogP contribution < -0.4 is 4.90 Å². The van der Waals surface area contributed by atoms with Gasteiger partial charge in [-0.1, -0.05) is 60.2 Å². The van der Waals surface area contributed by atoms with E-state index in [1.54, 1.807) is 16.2 Å². The van der Waals surface area contributed by atoms with E-state index < -0.39 is 5.92 Å². The van der Waals surface area contributed by atoms with Crippen molar-refractivity contribution in [2.24, 2.45) is 0 Å². The zero-order valence-electron chi connectivity index (χ0n) is 15.8. The van der Waals surface area contributed by atoms with Crippen molar-refractivity contribution in [1.82, 2.24) is 0 Å². The second-order valence-electron chi connectivity index (χ2n) is 6.97. The molecule has 2 aromatic carbocycles. The van der Waals surface area contributed by atoms with Gasteiger partial charge in [-0.2, -0.15) is 0 Å². The largest absolute Gasteiger partial charge is 0.469 e. The zero-order valence-corrected chi connectivity index (χ0v) is 16.7. The van der Waals surface area contributed by atoms with E-state index in [0.29, 0.717) is 6.54 Å². The number of fused-ring (bicyclic) bond motifs is 1. The highest BCUT2D eigenvalue weighted by Crippen LogP contribution is 2.46. The minimum absolute atomic E-state index is 0.0555. The van der Waals surface area contributed by atoms with Crippen LogP contribution in [0.15, 0.2) is 60.7 Å². The van der Waals surface area contributed by atoms with E-state index in [1.807, 2.05) is 36.4 Å². The summed E-state index contributed by atoms with van der Waals surface area (Å²) in [5.74, 6) is -0.949. The molecule has 3 aromatic rings. The molecule has 4 nitrogen and oxygen atoms in total. The van der Waals surface area contributed by atoms with Crippen molar-refractivity contribution in [2.45, 2.75) is 25.8 Å². The fourth-order valence-electron chi connectivity index (χ4n) is 3.50. The summed E-state index contributed by atoms with van der Waals surface area (Å²) in [5.41, 5.74) is 4.15. The number of ether oxygens (including phenoxy) is 1. The lowest BCUT2D eigenvalue weighted by atomic mass is 9.96. The molecule has 0 bridgehead atoms. The molecule has 0 aliphatic carbocycles. The van der Waals surface area contributed by atoms with Gasteiger partial charge in [0.2, 0.25) is 5.91 Å². The summed E-state index contributed by atoms with van der Waals surface area (Å²) < 4.78 is 4.98. The summed E-state index contributed by atoms with van der Waals surface area (Å²) in [6.45, 7) is 2.54. The van der Waals surface area contributed by atoms with Crippen LogP contribution in [0.3, 0.4) is 0 Å². The van der Waals surface area contributed by atoms with Crippen molar-refractivity contribution in [3.8, 4) is 10.4 Å². The maximum atomic E-state index is 12.9. The smallest absolute Gasteiger partial charge is 0.314 e. The van der Waals surface area contributed by atoms with Crippen LogP contribution in [0.1, 0.15) is 28.3 Å². The van der Waals surface area contributed by atoms with Crippen LogP contribution in [0.4, 0.5) is 5.69 Å². The van der Waals surface area contributed by atoms with Crippen LogP contribution in [0.25, 0.3) is 10.4 Å². The standard InChI is InChI=1S/C23H21NO3S/c1-15-8-10-17(11-9-15)20-13-19-22(28-20)18(23(26)27-2)12-21(25)24(19)14-16-6-4-3-5-7-16/h3-11,13,18H,12,14H2,1-2H3. The first-order valence-electron chi connectivity index (χ1n) is 9.19. The van der Waals surface area contributed by atoms with Crippen molar-refractivity contribution in [2.75, 3.05) is 12.0 Å². The molecule has 1 aliphatic heterocycles. The van der Waals surface area contributed by atoms with E-state index >= 15 is 0 Å². The van der Waals surface area contributed by atoms with Gasteiger partial charge in [0.15, 0.2) is 0 Å². The maximum absolute atomic E-state index is 12.9. The zero-order chi connectivity index (χ0) is 19.7. The van der Waals surface area contributed by atoms with Gasteiger partial charge in [-0.25, -0.2) is 0 Å². The molecule has 0 N–H and O–H groups in total. The third-order valence-corrected chi connectivity index (χ3v) is 6.32. The fourth-order valence-corrected chi connectivity index (χ4v) is 4.76. The summed E-state index contributed by atoms with van der Waals surface area (Å²) in [5, 5.41) is 0. The number of benzene rings is 2. The number of methoxy groups -OCH3 is 1. The molecule has 1 aliphatic rings. The minimum Gasteiger partial charge on any atom is -0.469 e. The first-order valence-corrected chi connectivity index (χ1v) is 10.0. The molecule has 0 radical (unpaired) electrons.